The van der Waals surface area contributed by atoms with Crippen LogP contribution in [0.4, 0.5) is 17.3 Å². The molecular weight excluding hydrogens is 566 g/mol. The summed E-state index contributed by atoms with van der Waals surface area (Å²) in [5.41, 5.74) is 2.91. The number of fused-ring (bicyclic) bond motifs is 1. The smallest absolute Gasteiger partial charge is 0.253 e. The van der Waals surface area contributed by atoms with Gasteiger partial charge in [0.15, 0.2) is 5.65 Å². The highest BCUT2D eigenvalue weighted by Crippen LogP contribution is 2.36. The minimum Gasteiger partial charge on any atom is -0.385 e. The molecule has 2 aromatic heterocycles. The van der Waals surface area contributed by atoms with E-state index in [0.717, 1.165) is 55.1 Å². The van der Waals surface area contributed by atoms with Crippen molar-refractivity contribution in [3.8, 4) is 0 Å². The van der Waals surface area contributed by atoms with Gasteiger partial charge in [0.1, 0.15) is 0 Å². The number of hydrogen-bond acceptors (Lipinski definition) is 8. The van der Waals surface area contributed by atoms with Gasteiger partial charge >= 0.3 is 0 Å². The minimum absolute atomic E-state index is 0.0276. The Morgan fingerprint density at radius 3 is 2.56 bits per heavy atom. The van der Waals surface area contributed by atoms with E-state index in [1.165, 1.54) is 0 Å². The number of carbonyl (C=O) groups is 1. The number of likely N-dealkylation sites (tertiary alicyclic amines) is 1. The van der Waals surface area contributed by atoms with E-state index < -0.39 is 5.60 Å². The summed E-state index contributed by atoms with van der Waals surface area (Å²) < 4.78 is 7.88. The quantitative estimate of drug-likeness (QED) is 0.312. The summed E-state index contributed by atoms with van der Waals surface area (Å²) in [6, 6.07) is 18.9. The second-order valence-corrected chi connectivity index (χ2v) is 12.3. The first-order chi connectivity index (χ1) is 20.9. The van der Waals surface area contributed by atoms with E-state index in [1.54, 1.807) is 4.52 Å². The third kappa shape index (κ3) is 5.68. The highest BCUT2D eigenvalue weighted by Gasteiger charge is 2.39. The molecule has 4 aromatic rings. The third-order valence-corrected chi connectivity index (χ3v) is 9.26. The van der Waals surface area contributed by atoms with Crippen LogP contribution in [-0.2, 0) is 10.3 Å². The van der Waals surface area contributed by atoms with E-state index in [0.29, 0.717) is 55.6 Å². The molecule has 11 heteroatoms. The van der Waals surface area contributed by atoms with E-state index in [1.807, 2.05) is 71.8 Å². The summed E-state index contributed by atoms with van der Waals surface area (Å²) in [5.74, 6) is 0.501. The maximum atomic E-state index is 13.3. The number of benzene rings is 2. The number of anilines is 3. The van der Waals surface area contributed by atoms with Crippen molar-refractivity contribution in [1.29, 1.82) is 0 Å². The predicted molar refractivity (Wildman–Crippen MR) is 166 cm³/mol. The van der Waals surface area contributed by atoms with Gasteiger partial charge in [-0.3, -0.25) is 4.79 Å². The summed E-state index contributed by atoms with van der Waals surface area (Å²) in [6.45, 7) is 5.07. The van der Waals surface area contributed by atoms with Gasteiger partial charge in [0, 0.05) is 55.2 Å². The van der Waals surface area contributed by atoms with Crippen molar-refractivity contribution >= 4 is 40.5 Å². The SMILES string of the molecule is O=C(c1ccc(Nc2nc3c(N4CCC(O)(c5ccc(Cl)cc5)CC4)cccn3n2)cc1)N1CCCC2(CNCCO2)C1. The number of aliphatic hydroxyl groups is 1. The number of halogens is 1. The molecule has 43 heavy (non-hydrogen) atoms. The van der Waals surface area contributed by atoms with Gasteiger partial charge in [0.2, 0.25) is 5.95 Å². The largest absolute Gasteiger partial charge is 0.385 e. The molecule has 0 aliphatic carbocycles. The summed E-state index contributed by atoms with van der Waals surface area (Å²) >= 11 is 6.05. The number of rotatable bonds is 5. The number of piperidine rings is 2. The normalized spacial score (nSPS) is 22.2. The molecule has 7 rings (SSSR count). The summed E-state index contributed by atoms with van der Waals surface area (Å²) in [7, 11) is 0. The molecule has 3 saturated heterocycles. The van der Waals surface area contributed by atoms with Crippen molar-refractivity contribution in [3.05, 3.63) is 83.0 Å². The van der Waals surface area contributed by atoms with E-state index in [9.17, 15) is 9.90 Å². The molecule has 2 aromatic carbocycles. The van der Waals surface area contributed by atoms with Gasteiger partial charge in [-0.1, -0.05) is 23.7 Å². The van der Waals surface area contributed by atoms with Crippen LogP contribution in [0.25, 0.3) is 5.65 Å². The molecule has 3 N–H and O–H groups in total. The van der Waals surface area contributed by atoms with Gasteiger partial charge in [-0.05, 0) is 79.8 Å². The van der Waals surface area contributed by atoms with E-state index in [-0.39, 0.29) is 11.5 Å². The number of nitrogens with one attached hydrogen (secondary N) is 2. The molecule has 1 amide bonds. The van der Waals surface area contributed by atoms with Gasteiger partial charge in [0.25, 0.3) is 5.91 Å². The van der Waals surface area contributed by atoms with Crippen molar-refractivity contribution in [2.24, 2.45) is 0 Å². The van der Waals surface area contributed by atoms with Gasteiger partial charge in [0.05, 0.1) is 30.0 Å². The van der Waals surface area contributed by atoms with Crippen molar-refractivity contribution in [2.75, 3.05) is 56.1 Å². The molecule has 1 atom stereocenters. The average Bonchev–Trinajstić information content (AvgIpc) is 3.45. The zero-order valence-electron chi connectivity index (χ0n) is 24.0. The fourth-order valence-corrected chi connectivity index (χ4v) is 6.73. The van der Waals surface area contributed by atoms with Crippen LogP contribution < -0.4 is 15.5 Å². The van der Waals surface area contributed by atoms with E-state index >= 15 is 0 Å². The topological polar surface area (TPSA) is 107 Å². The van der Waals surface area contributed by atoms with Crippen LogP contribution in [-0.4, -0.2) is 82.0 Å². The number of aromatic nitrogens is 3. The Kier molecular flexibility index (Phi) is 7.46. The monoisotopic (exact) mass is 601 g/mol. The van der Waals surface area contributed by atoms with Gasteiger partial charge < -0.3 is 30.3 Å². The molecule has 5 heterocycles. The predicted octanol–water partition coefficient (Wildman–Crippen LogP) is 4.21. The first-order valence-electron chi connectivity index (χ1n) is 15.0. The van der Waals surface area contributed by atoms with Crippen LogP contribution in [0.15, 0.2) is 66.9 Å². The number of ether oxygens (including phenoxy) is 1. The maximum absolute atomic E-state index is 13.3. The van der Waals surface area contributed by atoms with Crippen LogP contribution >= 0.6 is 11.6 Å². The lowest BCUT2D eigenvalue weighted by Crippen LogP contribution is -2.59. The Hall–Kier alpha value is -3.70. The highest BCUT2D eigenvalue weighted by molar-refractivity contribution is 6.30. The standard InChI is InChI=1S/C32H36ClN7O3/c33-25-8-6-24(7-9-25)32(42)13-18-38(19-14-32)27-3-1-17-40-28(27)36-30(37-40)35-26-10-4-23(5-11-26)29(41)39-16-2-12-31(22-39)21-34-15-20-43-31/h1,3-11,17,34,42H,2,12-16,18-22H2,(H,35,37). The average molecular weight is 602 g/mol. The summed E-state index contributed by atoms with van der Waals surface area (Å²) in [5, 5.41) is 23.3. The number of morpholine rings is 1. The van der Waals surface area contributed by atoms with Crippen LogP contribution in [0.5, 0.6) is 0 Å². The molecule has 0 bridgehead atoms. The Balaban J connectivity index is 1.02. The molecule has 0 saturated carbocycles. The van der Waals surface area contributed by atoms with Crippen LogP contribution in [0.1, 0.15) is 41.6 Å². The Morgan fingerprint density at radius 2 is 1.81 bits per heavy atom. The van der Waals surface area contributed by atoms with Crippen molar-refractivity contribution in [1.82, 2.24) is 24.8 Å². The molecule has 224 valence electrons. The zero-order chi connectivity index (χ0) is 29.4. The summed E-state index contributed by atoms with van der Waals surface area (Å²) in [4.78, 5) is 22.3. The zero-order valence-corrected chi connectivity index (χ0v) is 24.8. The fourth-order valence-electron chi connectivity index (χ4n) is 6.61. The lowest BCUT2D eigenvalue weighted by molar-refractivity contribution is -0.0989. The van der Waals surface area contributed by atoms with Gasteiger partial charge in [-0.15, -0.1) is 5.10 Å². The van der Waals surface area contributed by atoms with Gasteiger partial charge in [-0.25, -0.2) is 4.52 Å². The molecule has 3 aliphatic rings. The van der Waals surface area contributed by atoms with Crippen molar-refractivity contribution in [3.63, 3.8) is 0 Å². The molecule has 10 nitrogen and oxygen atoms in total. The number of pyridine rings is 1. The van der Waals surface area contributed by atoms with Crippen molar-refractivity contribution < 1.29 is 14.6 Å². The third-order valence-electron chi connectivity index (χ3n) is 9.00. The van der Waals surface area contributed by atoms with Crippen molar-refractivity contribution in [2.45, 2.75) is 36.9 Å². The lowest BCUT2D eigenvalue weighted by atomic mass is 9.84. The first-order valence-corrected chi connectivity index (χ1v) is 15.4. The fraction of sp³-hybridized carbons (Fsp3) is 0.406. The number of hydrogen-bond donors (Lipinski definition) is 3. The van der Waals surface area contributed by atoms with Gasteiger partial charge in [-0.2, -0.15) is 4.98 Å². The molecular formula is C32H36ClN7O3. The Labute approximate surface area is 255 Å². The number of nitrogens with zero attached hydrogens (tertiary/aromatic N) is 5. The number of amides is 1. The maximum Gasteiger partial charge on any atom is 0.253 e. The highest BCUT2D eigenvalue weighted by atomic mass is 35.5. The lowest BCUT2D eigenvalue weighted by Gasteiger charge is -2.45. The van der Waals surface area contributed by atoms with Crippen LogP contribution in [0.2, 0.25) is 5.02 Å². The Morgan fingerprint density at radius 1 is 1.02 bits per heavy atom. The first kappa shape index (κ1) is 28.1. The molecule has 1 unspecified atom stereocenters. The molecule has 0 radical (unpaired) electrons. The van der Waals surface area contributed by atoms with E-state index in [2.05, 4.69) is 20.6 Å². The molecule has 1 spiro atoms. The van der Waals surface area contributed by atoms with Crippen LogP contribution in [0, 0.1) is 0 Å². The van der Waals surface area contributed by atoms with Crippen LogP contribution in [0.3, 0.4) is 0 Å². The summed E-state index contributed by atoms with van der Waals surface area (Å²) in [6.07, 6.45) is 4.99. The van der Waals surface area contributed by atoms with E-state index in [4.69, 9.17) is 21.3 Å². The second kappa shape index (κ2) is 11.4. The second-order valence-electron chi connectivity index (χ2n) is 11.9. The Bertz CT molecular complexity index is 1590. The number of carbonyl (C=O) groups excluding carboxylic acids is 1. The minimum atomic E-state index is -0.879. The molecule has 3 aliphatic heterocycles. The molecule has 3 fully saturated rings.